The summed E-state index contributed by atoms with van der Waals surface area (Å²) in [5.41, 5.74) is 4.24. The van der Waals surface area contributed by atoms with Gasteiger partial charge in [-0.05, 0) is 36.5 Å². The number of hydrogen-bond acceptors (Lipinski definition) is 5. The van der Waals surface area contributed by atoms with Gasteiger partial charge in [-0.2, -0.15) is 0 Å². The van der Waals surface area contributed by atoms with E-state index in [0.29, 0.717) is 5.92 Å². The number of thiazole rings is 1. The lowest BCUT2D eigenvalue weighted by Crippen LogP contribution is -2.12. The van der Waals surface area contributed by atoms with Gasteiger partial charge in [-0.3, -0.25) is 9.97 Å². The molecule has 0 spiro atoms. The number of thiophene rings is 1. The highest BCUT2D eigenvalue weighted by Crippen LogP contribution is 2.39. The SMILES string of the molecule is c1ncc(-c2ccc3cnc4cc(C5CCOCC5)sc4c3c2)s1. The summed E-state index contributed by atoms with van der Waals surface area (Å²) in [7, 11) is 0. The smallest absolute Gasteiger partial charge is 0.0819 e. The van der Waals surface area contributed by atoms with Crippen molar-refractivity contribution in [2.45, 2.75) is 18.8 Å². The van der Waals surface area contributed by atoms with Gasteiger partial charge in [0, 0.05) is 41.3 Å². The van der Waals surface area contributed by atoms with Gasteiger partial charge in [-0.1, -0.05) is 12.1 Å². The summed E-state index contributed by atoms with van der Waals surface area (Å²) in [6, 6.07) is 8.91. The van der Waals surface area contributed by atoms with Crippen molar-refractivity contribution in [3.8, 4) is 10.4 Å². The summed E-state index contributed by atoms with van der Waals surface area (Å²) in [6.45, 7) is 1.76. The summed E-state index contributed by atoms with van der Waals surface area (Å²) in [6.07, 6.45) is 6.18. The van der Waals surface area contributed by atoms with Crippen LogP contribution in [0.5, 0.6) is 0 Å². The number of fused-ring (bicyclic) bond motifs is 3. The molecule has 1 aromatic carbocycles. The van der Waals surface area contributed by atoms with E-state index in [4.69, 9.17) is 4.74 Å². The fraction of sp³-hybridized carbons (Fsp3) is 0.263. The molecule has 5 rings (SSSR count). The van der Waals surface area contributed by atoms with E-state index in [2.05, 4.69) is 34.2 Å². The minimum Gasteiger partial charge on any atom is -0.381 e. The maximum Gasteiger partial charge on any atom is 0.0819 e. The quantitative estimate of drug-likeness (QED) is 0.480. The lowest BCUT2D eigenvalue weighted by Gasteiger charge is -2.20. The first-order valence-electron chi connectivity index (χ1n) is 8.17. The average Bonchev–Trinajstić information content (AvgIpc) is 3.32. The Labute approximate surface area is 148 Å². The molecule has 0 bridgehead atoms. The predicted octanol–water partition coefficient (Wildman–Crippen LogP) is 5.47. The normalized spacial score (nSPS) is 16.2. The maximum atomic E-state index is 5.51. The van der Waals surface area contributed by atoms with E-state index in [1.165, 1.54) is 30.8 Å². The minimum absolute atomic E-state index is 0.623. The summed E-state index contributed by atoms with van der Waals surface area (Å²) < 4.78 is 6.81. The Balaban J connectivity index is 1.67. The Kier molecular flexibility index (Phi) is 3.58. The Morgan fingerprint density at radius 2 is 2.00 bits per heavy atom. The molecular formula is C19H16N2OS2. The van der Waals surface area contributed by atoms with E-state index in [0.717, 1.165) is 31.6 Å². The van der Waals surface area contributed by atoms with Gasteiger partial charge < -0.3 is 4.74 Å². The molecule has 1 saturated heterocycles. The van der Waals surface area contributed by atoms with Crippen molar-refractivity contribution in [2.24, 2.45) is 0 Å². The number of aromatic nitrogens is 2. The maximum absolute atomic E-state index is 5.51. The van der Waals surface area contributed by atoms with E-state index in [1.807, 2.05) is 29.2 Å². The molecule has 5 heteroatoms. The zero-order valence-electron chi connectivity index (χ0n) is 13.1. The van der Waals surface area contributed by atoms with Crippen molar-refractivity contribution in [1.29, 1.82) is 0 Å². The Morgan fingerprint density at radius 3 is 2.83 bits per heavy atom. The number of hydrogen-bond donors (Lipinski definition) is 0. The highest BCUT2D eigenvalue weighted by Gasteiger charge is 2.19. The van der Waals surface area contributed by atoms with Crippen molar-refractivity contribution in [3.63, 3.8) is 0 Å². The average molecular weight is 352 g/mol. The van der Waals surface area contributed by atoms with Crippen LogP contribution in [-0.2, 0) is 4.74 Å². The molecule has 24 heavy (non-hydrogen) atoms. The molecule has 4 aromatic rings. The zero-order valence-corrected chi connectivity index (χ0v) is 14.7. The molecule has 3 nitrogen and oxygen atoms in total. The molecule has 0 amide bonds. The third-order valence-corrected chi connectivity index (χ3v) is 6.85. The lowest BCUT2D eigenvalue weighted by atomic mass is 9.98. The van der Waals surface area contributed by atoms with E-state index < -0.39 is 0 Å². The fourth-order valence-corrected chi connectivity index (χ4v) is 5.32. The molecule has 1 aliphatic heterocycles. The molecule has 0 aliphatic carbocycles. The fourth-order valence-electron chi connectivity index (χ4n) is 3.39. The van der Waals surface area contributed by atoms with Crippen molar-refractivity contribution in [2.75, 3.05) is 13.2 Å². The van der Waals surface area contributed by atoms with Crippen molar-refractivity contribution in [1.82, 2.24) is 9.97 Å². The van der Waals surface area contributed by atoms with Crippen LogP contribution in [0.2, 0.25) is 0 Å². The van der Waals surface area contributed by atoms with Gasteiger partial charge in [-0.15, -0.1) is 22.7 Å². The van der Waals surface area contributed by atoms with E-state index in [-0.39, 0.29) is 0 Å². The van der Waals surface area contributed by atoms with Crippen LogP contribution in [0, 0.1) is 0 Å². The van der Waals surface area contributed by atoms with Crippen molar-refractivity contribution >= 4 is 43.7 Å². The van der Waals surface area contributed by atoms with Crippen LogP contribution >= 0.6 is 22.7 Å². The van der Waals surface area contributed by atoms with Crippen molar-refractivity contribution in [3.05, 3.63) is 47.0 Å². The zero-order chi connectivity index (χ0) is 15.9. The summed E-state index contributed by atoms with van der Waals surface area (Å²) in [5.74, 6) is 0.623. The second-order valence-corrected chi connectivity index (χ2v) is 8.15. The summed E-state index contributed by atoms with van der Waals surface area (Å²) >= 11 is 3.59. The van der Waals surface area contributed by atoms with Gasteiger partial charge in [0.05, 0.1) is 20.6 Å². The molecule has 1 aliphatic rings. The number of ether oxygens (including phenoxy) is 1. The topological polar surface area (TPSA) is 35.0 Å². The first-order valence-corrected chi connectivity index (χ1v) is 9.87. The second-order valence-electron chi connectivity index (χ2n) is 6.18. The molecular weight excluding hydrogens is 336 g/mol. The highest BCUT2D eigenvalue weighted by atomic mass is 32.1. The highest BCUT2D eigenvalue weighted by molar-refractivity contribution is 7.20. The lowest BCUT2D eigenvalue weighted by molar-refractivity contribution is 0.0860. The van der Waals surface area contributed by atoms with Crippen LogP contribution in [0.15, 0.2) is 42.2 Å². The molecule has 1 fully saturated rings. The molecule has 120 valence electrons. The van der Waals surface area contributed by atoms with E-state index >= 15 is 0 Å². The van der Waals surface area contributed by atoms with Gasteiger partial charge in [0.15, 0.2) is 0 Å². The molecule has 0 N–H and O–H groups in total. The molecule has 0 saturated carbocycles. The van der Waals surface area contributed by atoms with Gasteiger partial charge in [-0.25, -0.2) is 0 Å². The second kappa shape index (κ2) is 5.92. The predicted molar refractivity (Wildman–Crippen MR) is 101 cm³/mol. The number of nitrogens with zero attached hydrogens (tertiary/aromatic N) is 2. The van der Waals surface area contributed by atoms with Crippen LogP contribution in [0.4, 0.5) is 0 Å². The Bertz CT molecular complexity index is 1000. The number of rotatable bonds is 2. The largest absolute Gasteiger partial charge is 0.381 e. The molecule has 0 atom stereocenters. The molecule has 3 aromatic heterocycles. The van der Waals surface area contributed by atoms with Crippen LogP contribution in [0.25, 0.3) is 31.4 Å². The first-order chi connectivity index (χ1) is 11.9. The third kappa shape index (κ3) is 2.44. The van der Waals surface area contributed by atoms with Gasteiger partial charge in [0.25, 0.3) is 0 Å². The monoisotopic (exact) mass is 352 g/mol. The minimum atomic E-state index is 0.623. The Hall–Kier alpha value is -1.82. The van der Waals surface area contributed by atoms with Gasteiger partial charge in [0.2, 0.25) is 0 Å². The standard InChI is InChI=1S/C19H16N2OS2/c1-2-14-9-21-16-8-17(12-3-5-22-6-4-12)24-19(16)15(14)7-13(1)18-10-20-11-23-18/h1-2,7-12H,3-6H2. The van der Waals surface area contributed by atoms with E-state index in [1.54, 1.807) is 11.3 Å². The van der Waals surface area contributed by atoms with Gasteiger partial charge >= 0.3 is 0 Å². The Morgan fingerprint density at radius 1 is 1.08 bits per heavy atom. The number of benzene rings is 1. The summed E-state index contributed by atoms with van der Waals surface area (Å²) in [5, 5.41) is 2.50. The van der Waals surface area contributed by atoms with Gasteiger partial charge in [0.1, 0.15) is 0 Å². The first kappa shape index (κ1) is 14.5. The number of pyridine rings is 1. The van der Waals surface area contributed by atoms with Crippen LogP contribution in [0.1, 0.15) is 23.6 Å². The summed E-state index contributed by atoms with van der Waals surface area (Å²) in [4.78, 5) is 11.6. The van der Waals surface area contributed by atoms with Crippen LogP contribution < -0.4 is 0 Å². The molecule has 0 radical (unpaired) electrons. The molecule has 0 unspecified atom stereocenters. The van der Waals surface area contributed by atoms with Crippen molar-refractivity contribution < 1.29 is 4.74 Å². The van der Waals surface area contributed by atoms with E-state index in [9.17, 15) is 0 Å². The van der Waals surface area contributed by atoms with Crippen LogP contribution in [0.3, 0.4) is 0 Å². The molecule has 4 heterocycles. The third-order valence-electron chi connectivity index (χ3n) is 4.71. The van der Waals surface area contributed by atoms with Crippen LogP contribution in [-0.4, -0.2) is 23.2 Å².